The fourth-order valence-electron chi connectivity index (χ4n) is 2.75. The molecule has 1 atom stereocenters. The van der Waals surface area contributed by atoms with Gasteiger partial charge in [-0.15, -0.1) is 0 Å². The second-order valence-electron chi connectivity index (χ2n) is 5.96. The number of halogens is 1. The lowest BCUT2D eigenvalue weighted by molar-refractivity contribution is -0.172. The lowest BCUT2D eigenvalue weighted by atomic mass is 9.91. The van der Waals surface area contributed by atoms with Gasteiger partial charge in [-0.05, 0) is 43.8 Å². The van der Waals surface area contributed by atoms with Gasteiger partial charge < -0.3 is 18.9 Å². The minimum atomic E-state index is -0.674. The number of hydrogen-bond acceptors (Lipinski definition) is 6. The topological polar surface area (TPSA) is 36.9 Å². The van der Waals surface area contributed by atoms with Crippen molar-refractivity contribution in [2.45, 2.75) is 37.8 Å². The Balaban J connectivity index is 1.66. The number of ether oxygens (including phenoxy) is 4. The van der Waals surface area contributed by atoms with Crippen molar-refractivity contribution in [3.8, 4) is 0 Å². The largest absolute Gasteiger partial charge is 0.462 e. The van der Waals surface area contributed by atoms with Crippen LogP contribution in [-0.4, -0.2) is 36.7 Å². The van der Waals surface area contributed by atoms with Crippen molar-refractivity contribution in [3.05, 3.63) is 35.1 Å². The summed E-state index contributed by atoms with van der Waals surface area (Å²) in [5, 5.41) is 0. The maximum atomic E-state index is 14.5. The van der Waals surface area contributed by atoms with Gasteiger partial charge in [0.1, 0.15) is 5.82 Å². The van der Waals surface area contributed by atoms with E-state index >= 15 is 0 Å². The third-order valence-corrected chi connectivity index (χ3v) is 5.26. The molecule has 3 rings (SSSR count). The quantitative estimate of drug-likeness (QED) is 0.733. The van der Waals surface area contributed by atoms with Gasteiger partial charge in [-0.25, -0.2) is 4.39 Å². The molecule has 1 aromatic carbocycles. The summed E-state index contributed by atoms with van der Waals surface area (Å²) in [6, 6.07) is 5.08. The Kier molecular flexibility index (Phi) is 6.10. The first kappa shape index (κ1) is 18.1. The predicted octanol–water partition coefficient (Wildman–Crippen LogP) is 3.76. The molecular weight excluding hydrogens is 351 g/mol. The van der Waals surface area contributed by atoms with E-state index in [2.05, 4.69) is 0 Å². The molecule has 132 valence electrons. The van der Waals surface area contributed by atoms with Crippen LogP contribution in [0.1, 0.15) is 30.4 Å². The second-order valence-corrected chi connectivity index (χ2v) is 7.36. The fourth-order valence-corrected chi connectivity index (χ4v) is 3.15. The zero-order valence-electron chi connectivity index (χ0n) is 13.6. The molecule has 1 unspecified atom stereocenters. The summed E-state index contributed by atoms with van der Waals surface area (Å²) in [6.07, 6.45) is 4.63. The summed E-state index contributed by atoms with van der Waals surface area (Å²) in [7, 11) is 0. The van der Waals surface area contributed by atoms with Gasteiger partial charge in [0.2, 0.25) is 4.38 Å². The molecule has 4 nitrogen and oxygen atoms in total. The molecule has 0 N–H and O–H groups in total. The molecule has 2 fully saturated rings. The first-order valence-electron chi connectivity index (χ1n) is 8.00. The molecule has 2 aliphatic heterocycles. The second kappa shape index (κ2) is 8.10. The summed E-state index contributed by atoms with van der Waals surface area (Å²) in [5.74, 6) is -0.312. The van der Waals surface area contributed by atoms with E-state index in [-0.39, 0.29) is 18.7 Å². The van der Waals surface area contributed by atoms with Crippen molar-refractivity contribution < 1.29 is 23.3 Å². The van der Waals surface area contributed by atoms with Crippen molar-refractivity contribution in [1.82, 2.24) is 0 Å². The third kappa shape index (κ3) is 4.08. The van der Waals surface area contributed by atoms with Gasteiger partial charge in [-0.3, -0.25) is 0 Å². The Hall–Kier alpha value is -0.730. The SMILES string of the molecule is CSC(=S)OC1(c2ccc(COC3CCCCO3)c(F)c2)COC1. The summed E-state index contributed by atoms with van der Waals surface area (Å²) < 4.78 is 37.1. The molecule has 7 heteroatoms. The van der Waals surface area contributed by atoms with Crippen LogP contribution in [0.25, 0.3) is 0 Å². The van der Waals surface area contributed by atoms with Crippen molar-refractivity contribution in [2.75, 3.05) is 26.1 Å². The van der Waals surface area contributed by atoms with Crippen LogP contribution in [0.4, 0.5) is 4.39 Å². The molecular formula is C17H21FO4S2. The Morgan fingerprint density at radius 3 is 2.83 bits per heavy atom. The average Bonchev–Trinajstić information content (AvgIpc) is 2.57. The van der Waals surface area contributed by atoms with Gasteiger partial charge in [0, 0.05) is 17.7 Å². The molecule has 1 aromatic rings. The Morgan fingerprint density at radius 1 is 1.42 bits per heavy atom. The highest BCUT2D eigenvalue weighted by atomic mass is 32.2. The maximum absolute atomic E-state index is 14.5. The lowest BCUT2D eigenvalue weighted by Gasteiger charge is -2.41. The zero-order chi connectivity index (χ0) is 17.0. The minimum Gasteiger partial charge on any atom is -0.462 e. The van der Waals surface area contributed by atoms with Crippen LogP contribution in [0.2, 0.25) is 0 Å². The molecule has 0 aromatic heterocycles. The Bertz CT molecular complexity index is 586. The number of hydrogen-bond donors (Lipinski definition) is 0. The van der Waals surface area contributed by atoms with E-state index in [0.717, 1.165) is 24.8 Å². The van der Waals surface area contributed by atoms with Gasteiger partial charge in [-0.1, -0.05) is 23.9 Å². The standard InChI is InChI=1S/C17H21FO4S2/c1-24-16(23)22-17(10-19-11-17)13-6-5-12(14(18)8-13)9-21-15-4-2-3-7-20-15/h5-6,8,15H,2-4,7,9-11H2,1H3. The molecule has 0 radical (unpaired) electrons. The van der Waals surface area contributed by atoms with Gasteiger partial charge >= 0.3 is 0 Å². The highest BCUT2D eigenvalue weighted by Gasteiger charge is 2.44. The molecule has 24 heavy (non-hydrogen) atoms. The molecule has 0 saturated carbocycles. The van der Waals surface area contributed by atoms with Gasteiger partial charge in [0.05, 0.1) is 19.8 Å². The van der Waals surface area contributed by atoms with Crippen LogP contribution in [0.5, 0.6) is 0 Å². The first-order chi connectivity index (χ1) is 11.6. The molecule has 2 aliphatic rings. The molecule has 0 aliphatic carbocycles. The predicted molar refractivity (Wildman–Crippen MR) is 94.5 cm³/mol. The first-order valence-corrected chi connectivity index (χ1v) is 9.63. The van der Waals surface area contributed by atoms with Crippen molar-refractivity contribution >= 4 is 28.4 Å². The molecule has 2 saturated heterocycles. The van der Waals surface area contributed by atoms with Crippen LogP contribution in [0, 0.1) is 5.82 Å². The zero-order valence-corrected chi connectivity index (χ0v) is 15.2. The normalized spacial score (nSPS) is 22.7. The van der Waals surface area contributed by atoms with Crippen LogP contribution < -0.4 is 0 Å². The van der Waals surface area contributed by atoms with Crippen molar-refractivity contribution in [3.63, 3.8) is 0 Å². The Morgan fingerprint density at radius 2 is 2.25 bits per heavy atom. The Labute approximate surface area is 151 Å². The van der Waals surface area contributed by atoms with E-state index in [1.54, 1.807) is 6.07 Å². The number of thiocarbonyl (C=S) groups is 1. The van der Waals surface area contributed by atoms with Crippen LogP contribution in [0.3, 0.4) is 0 Å². The number of benzene rings is 1. The smallest absolute Gasteiger partial charge is 0.220 e. The molecule has 2 heterocycles. The van der Waals surface area contributed by atoms with E-state index in [0.29, 0.717) is 29.8 Å². The fraction of sp³-hybridized carbons (Fsp3) is 0.588. The number of rotatable bonds is 5. The van der Waals surface area contributed by atoms with E-state index < -0.39 is 5.60 Å². The highest BCUT2D eigenvalue weighted by Crippen LogP contribution is 2.36. The molecule has 0 amide bonds. The maximum Gasteiger partial charge on any atom is 0.220 e. The van der Waals surface area contributed by atoms with Gasteiger partial charge in [0.15, 0.2) is 11.9 Å². The monoisotopic (exact) mass is 372 g/mol. The lowest BCUT2D eigenvalue weighted by Crippen LogP contribution is -2.49. The van der Waals surface area contributed by atoms with E-state index in [1.807, 2.05) is 12.3 Å². The van der Waals surface area contributed by atoms with Gasteiger partial charge in [0.25, 0.3) is 0 Å². The van der Waals surface area contributed by atoms with Crippen molar-refractivity contribution in [2.24, 2.45) is 0 Å². The van der Waals surface area contributed by atoms with E-state index in [1.165, 1.54) is 17.8 Å². The van der Waals surface area contributed by atoms with Gasteiger partial charge in [-0.2, -0.15) is 0 Å². The summed E-state index contributed by atoms with van der Waals surface area (Å²) >= 11 is 6.49. The number of thioether (sulfide) groups is 1. The summed E-state index contributed by atoms with van der Waals surface area (Å²) in [4.78, 5) is 0. The van der Waals surface area contributed by atoms with Crippen LogP contribution in [0.15, 0.2) is 18.2 Å². The van der Waals surface area contributed by atoms with Crippen LogP contribution >= 0.6 is 24.0 Å². The highest BCUT2D eigenvalue weighted by molar-refractivity contribution is 8.22. The average molecular weight is 372 g/mol. The third-order valence-electron chi connectivity index (χ3n) is 4.26. The van der Waals surface area contributed by atoms with E-state index in [9.17, 15) is 4.39 Å². The van der Waals surface area contributed by atoms with E-state index in [4.69, 9.17) is 31.2 Å². The molecule has 0 bridgehead atoms. The molecule has 0 spiro atoms. The summed E-state index contributed by atoms with van der Waals surface area (Å²) in [5.41, 5.74) is 0.573. The minimum absolute atomic E-state index is 0.199. The van der Waals surface area contributed by atoms with Crippen LogP contribution in [-0.2, 0) is 31.2 Å². The summed E-state index contributed by atoms with van der Waals surface area (Å²) in [6.45, 7) is 1.66. The van der Waals surface area contributed by atoms with Crippen molar-refractivity contribution in [1.29, 1.82) is 0 Å².